The molecule has 1 rings (SSSR count). The summed E-state index contributed by atoms with van der Waals surface area (Å²) < 4.78 is 5.27. The highest BCUT2D eigenvalue weighted by Gasteiger charge is 2.01. The Labute approximate surface area is 71.8 Å². The molecule has 1 atom stereocenters. The third-order valence-corrected chi connectivity index (χ3v) is 1.44. The molecule has 66 valence electrons. The fourth-order valence-corrected chi connectivity index (χ4v) is 0.860. The second-order valence-electron chi connectivity index (χ2n) is 2.48. The Balaban J connectivity index is 2.41. The smallest absolute Gasteiger partial charge is 0.149 e. The number of hydrogen-bond acceptors (Lipinski definition) is 3. The lowest BCUT2D eigenvalue weighted by molar-refractivity contribution is 0.159. The molecular formula is C9H13NO2. The molecule has 0 radical (unpaired) electrons. The molecule has 3 nitrogen and oxygen atoms in total. The molecule has 0 fully saturated rings. The number of rotatable bonds is 4. The molecule has 0 aliphatic heterocycles. The molecule has 0 heterocycles. The Morgan fingerprint density at radius 2 is 2.00 bits per heavy atom. The first-order valence-electron chi connectivity index (χ1n) is 3.91. The summed E-state index contributed by atoms with van der Waals surface area (Å²) in [6.07, 6.45) is 0.0342. The van der Waals surface area contributed by atoms with Gasteiger partial charge in [-0.2, -0.15) is 0 Å². The van der Waals surface area contributed by atoms with Crippen LogP contribution < -0.4 is 10.5 Å². The number of nitrogens with two attached hydrogens (primary N) is 1. The summed E-state index contributed by atoms with van der Waals surface area (Å²) >= 11 is 0. The molecule has 0 spiro atoms. The summed E-state index contributed by atoms with van der Waals surface area (Å²) in [4.78, 5) is 0. The Morgan fingerprint density at radius 1 is 1.33 bits per heavy atom. The van der Waals surface area contributed by atoms with Crippen LogP contribution in [-0.2, 0) is 0 Å². The van der Waals surface area contributed by atoms with E-state index in [1.54, 1.807) is 0 Å². The van der Waals surface area contributed by atoms with Gasteiger partial charge in [-0.05, 0) is 12.1 Å². The van der Waals surface area contributed by atoms with Crippen LogP contribution in [0.5, 0.6) is 5.75 Å². The van der Waals surface area contributed by atoms with Crippen LogP contribution in [0.4, 0.5) is 0 Å². The zero-order valence-electron chi connectivity index (χ0n) is 6.81. The molecule has 0 amide bonds. The van der Waals surface area contributed by atoms with Crippen molar-refractivity contribution in [3.63, 3.8) is 0 Å². The van der Waals surface area contributed by atoms with Crippen molar-refractivity contribution in [2.45, 2.75) is 12.6 Å². The summed E-state index contributed by atoms with van der Waals surface area (Å²) in [5.41, 5.74) is 5.53. The third kappa shape index (κ3) is 2.90. The quantitative estimate of drug-likeness (QED) is 0.650. The van der Waals surface area contributed by atoms with E-state index in [2.05, 4.69) is 0 Å². The molecule has 1 unspecified atom stereocenters. The Hall–Kier alpha value is -1.06. The Bertz CT molecular complexity index is 213. The number of aliphatic hydroxyl groups is 1. The van der Waals surface area contributed by atoms with E-state index in [1.165, 1.54) is 0 Å². The average molecular weight is 167 g/mol. The van der Waals surface area contributed by atoms with Crippen molar-refractivity contribution in [1.29, 1.82) is 0 Å². The number of hydrogen-bond donors (Lipinski definition) is 2. The van der Waals surface area contributed by atoms with Crippen LogP contribution in [0.1, 0.15) is 6.42 Å². The fraction of sp³-hybridized carbons (Fsp3) is 0.333. The Kier molecular flexibility index (Phi) is 3.57. The van der Waals surface area contributed by atoms with Crippen LogP contribution in [-0.4, -0.2) is 17.9 Å². The van der Waals surface area contributed by atoms with Gasteiger partial charge in [-0.15, -0.1) is 0 Å². The van der Waals surface area contributed by atoms with Crippen LogP contribution in [0.25, 0.3) is 0 Å². The molecule has 0 aromatic heterocycles. The minimum absolute atomic E-state index is 0.0496. The van der Waals surface area contributed by atoms with Crippen LogP contribution in [0.15, 0.2) is 30.3 Å². The fourth-order valence-electron chi connectivity index (χ4n) is 0.860. The largest absolute Gasteiger partial charge is 0.475 e. The number of ether oxygens (including phenoxy) is 1. The van der Waals surface area contributed by atoms with Gasteiger partial charge >= 0.3 is 0 Å². The standard InChI is InChI=1S/C9H13NO2/c10-9(6-7-11)12-8-4-2-1-3-5-8/h1-5,9,11H,6-7,10H2. The average Bonchev–Trinajstić information content (AvgIpc) is 2.06. The SMILES string of the molecule is NC(CCO)Oc1ccccc1. The summed E-state index contributed by atoms with van der Waals surface area (Å²) in [6.45, 7) is 0.0496. The highest BCUT2D eigenvalue weighted by Crippen LogP contribution is 2.09. The van der Waals surface area contributed by atoms with Crippen LogP contribution in [0, 0.1) is 0 Å². The van der Waals surface area contributed by atoms with E-state index in [4.69, 9.17) is 15.6 Å². The van der Waals surface area contributed by atoms with Gasteiger partial charge in [0, 0.05) is 13.0 Å². The topological polar surface area (TPSA) is 55.5 Å². The van der Waals surface area contributed by atoms with Gasteiger partial charge in [0.1, 0.15) is 12.0 Å². The van der Waals surface area contributed by atoms with E-state index in [-0.39, 0.29) is 6.61 Å². The Morgan fingerprint density at radius 3 is 2.58 bits per heavy atom. The van der Waals surface area contributed by atoms with E-state index < -0.39 is 6.23 Å². The molecular weight excluding hydrogens is 154 g/mol. The van der Waals surface area contributed by atoms with Crippen molar-refractivity contribution in [2.24, 2.45) is 5.73 Å². The van der Waals surface area contributed by atoms with Gasteiger partial charge in [-0.1, -0.05) is 18.2 Å². The normalized spacial score (nSPS) is 12.5. The maximum atomic E-state index is 8.55. The van der Waals surface area contributed by atoms with Gasteiger partial charge in [0.2, 0.25) is 0 Å². The van der Waals surface area contributed by atoms with Crippen molar-refractivity contribution in [1.82, 2.24) is 0 Å². The van der Waals surface area contributed by atoms with Gasteiger partial charge in [-0.25, -0.2) is 0 Å². The number of para-hydroxylation sites is 1. The lowest BCUT2D eigenvalue weighted by atomic mass is 10.3. The highest BCUT2D eigenvalue weighted by molar-refractivity contribution is 5.21. The van der Waals surface area contributed by atoms with Crippen molar-refractivity contribution in [2.75, 3.05) is 6.61 Å². The second kappa shape index (κ2) is 4.74. The number of benzene rings is 1. The van der Waals surface area contributed by atoms with Gasteiger partial charge in [0.05, 0.1) is 0 Å². The van der Waals surface area contributed by atoms with Gasteiger partial charge < -0.3 is 9.84 Å². The predicted molar refractivity (Wildman–Crippen MR) is 46.7 cm³/mol. The third-order valence-electron chi connectivity index (χ3n) is 1.44. The number of aliphatic hydroxyl groups excluding tert-OH is 1. The minimum Gasteiger partial charge on any atom is -0.475 e. The molecule has 0 bridgehead atoms. The van der Waals surface area contributed by atoms with Gasteiger partial charge in [0.25, 0.3) is 0 Å². The van der Waals surface area contributed by atoms with Crippen molar-refractivity contribution >= 4 is 0 Å². The molecule has 3 N–H and O–H groups in total. The molecule has 12 heavy (non-hydrogen) atoms. The monoisotopic (exact) mass is 167 g/mol. The molecule has 0 saturated heterocycles. The first-order chi connectivity index (χ1) is 5.83. The maximum absolute atomic E-state index is 8.55. The first-order valence-corrected chi connectivity index (χ1v) is 3.91. The molecule has 1 aromatic carbocycles. The highest BCUT2D eigenvalue weighted by atomic mass is 16.5. The summed E-state index contributed by atoms with van der Waals surface area (Å²) in [5.74, 6) is 0.735. The van der Waals surface area contributed by atoms with Crippen molar-refractivity contribution < 1.29 is 9.84 Å². The summed E-state index contributed by atoms with van der Waals surface area (Å²) in [5, 5.41) is 8.55. The summed E-state index contributed by atoms with van der Waals surface area (Å²) in [7, 11) is 0. The van der Waals surface area contributed by atoms with E-state index >= 15 is 0 Å². The van der Waals surface area contributed by atoms with Crippen molar-refractivity contribution in [3.8, 4) is 5.75 Å². The molecule has 0 aliphatic rings. The molecule has 0 aliphatic carbocycles. The summed E-state index contributed by atoms with van der Waals surface area (Å²) in [6, 6.07) is 9.32. The van der Waals surface area contributed by atoms with Gasteiger partial charge in [0.15, 0.2) is 0 Å². The molecule has 0 saturated carbocycles. The van der Waals surface area contributed by atoms with Crippen LogP contribution >= 0.6 is 0 Å². The predicted octanol–water partition coefficient (Wildman–Crippen LogP) is 0.733. The van der Waals surface area contributed by atoms with Crippen LogP contribution in [0.2, 0.25) is 0 Å². The molecule has 3 heteroatoms. The minimum atomic E-state index is -0.419. The second-order valence-corrected chi connectivity index (χ2v) is 2.48. The van der Waals surface area contributed by atoms with E-state index in [0.29, 0.717) is 6.42 Å². The lowest BCUT2D eigenvalue weighted by Crippen LogP contribution is -2.28. The van der Waals surface area contributed by atoms with Crippen molar-refractivity contribution in [3.05, 3.63) is 30.3 Å². The molecule has 1 aromatic rings. The van der Waals surface area contributed by atoms with Gasteiger partial charge in [-0.3, -0.25) is 5.73 Å². The first kappa shape index (κ1) is 9.03. The van der Waals surface area contributed by atoms with E-state index in [1.807, 2.05) is 30.3 Å². The zero-order chi connectivity index (χ0) is 8.81. The van der Waals surface area contributed by atoms with E-state index in [0.717, 1.165) is 5.75 Å². The lowest BCUT2D eigenvalue weighted by Gasteiger charge is -2.12. The van der Waals surface area contributed by atoms with E-state index in [9.17, 15) is 0 Å². The maximum Gasteiger partial charge on any atom is 0.149 e. The van der Waals surface area contributed by atoms with Crippen LogP contribution in [0.3, 0.4) is 0 Å². The zero-order valence-corrected chi connectivity index (χ0v) is 6.81.